The van der Waals surface area contributed by atoms with Gasteiger partial charge in [-0.1, -0.05) is 24.3 Å². The Balaban J connectivity index is 1.20. The highest BCUT2D eigenvalue weighted by Gasteiger charge is 2.40. The first-order valence-corrected chi connectivity index (χ1v) is 16.7. The van der Waals surface area contributed by atoms with E-state index < -0.39 is 53.8 Å². The number of carbonyl (C=O) groups excluding carboxylic acids is 5. The van der Waals surface area contributed by atoms with Gasteiger partial charge in [0.2, 0.25) is 23.6 Å². The maximum Gasteiger partial charge on any atom is 0.258 e. The molecular formula is C34H42N8O7. The minimum absolute atomic E-state index is 0.00601. The summed E-state index contributed by atoms with van der Waals surface area (Å²) < 4.78 is 5.79. The summed E-state index contributed by atoms with van der Waals surface area (Å²) in [6.45, 7) is 2.06. The summed E-state index contributed by atoms with van der Waals surface area (Å²) in [5.74, 6) is -1.62. The molecule has 3 aliphatic heterocycles. The summed E-state index contributed by atoms with van der Waals surface area (Å²) in [4.78, 5) is 70.5. The van der Waals surface area contributed by atoms with Crippen molar-refractivity contribution in [2.45, 2.75) is 63.7 Å². The molecule has 49 heavy (non-hydrogen) atoms. The molecule has 0 aliphatic carbocycles. The summed E-state index contributed by atoms with van der Waals surface area (Å²) in [7, 11) is 0. The second-order valence-electron chi connectivity index (χ2n) is 13.2. The normalized spacial score (nSPS) is 23.8. The topological polar surface area (TPSA) is 188 Å². The predicted molar refractivity (Wildman–Crippen MR) is 176 cm³/mol. The third-order valence-corrected chi connectivity index (χ3v) is 9.67. The van der Waals surface area contributed by atoms with Gasteiger partial charge in [-0.2, -0.15) is 15.0 Å². The molecular weight excluding hydrogens is 632 g/mol. The molecule has 5 amide bonds. The van der Waals surface area contributed by atoms with Crippen LogP contribution in [-0.2, 0) is 36.9 Å². The summed E-state index contributed by atoms with van der Waals surface area (Å²) in [5, 5.41) is 27.2. The number of hydrogen-bond donors (Lipinski definition) is 4. The van der Waals surface area contributed by atoms with Crippen LogP contribution in [0.4, 0.5) is 0 Å². The monoisotopic (exact) mass is 674 g/mol. The average molecular weight is 675 g/mol. The molecule has 3 aromatic rings. The fourth-order valence-electron chi connectivity index (χ4n) is 6.93. The summed E-state index contributed by atoms with van der Waals surface area (Å²) in [6, 6.07) is 11.8. The van der Waals surface area contributed by atoms with Crippen molar-refractivity contribution < 1.29 is 33.8 Å². The predicted octanol–water partition coefficient (Wildman–Crippen LogP) is -0.236. The molecule has 2 bridgehead atoms. The van der Waals surface area contributed by atoms with Crippen LogP contribution in [0.15, 0.2) is 48.5 Å². The quantitative estimate of drug-likeness (QED) is 0.291. The van der Waals surface area contributed by atoms with Crippen molar-refractivity contribution in [2.75, 3.05) is 39.4 Å². The number of benzene rings is 2. The van der Waals surface area contributed by atoms with Gasteiger partial charge in [0.15, 0.2) is 6.61 Å². The van der Waals surface area contributed by atoms with Crippen molar-refractivity contribution in [2.24, 2.45) is 5.41 Å². The number of aliphatic hydroxyl groups excluding tert-OH is 1. The Morgan fingerprint density at radius 2 is 1.71 bits per heavy atom. The molecule has 0 saturated carbocycles. The van der Waals surface area contributed by atoms with E-state index in [0.717, 1.165) is 5.56 Å². The van der Waals surface area contributed by atoms with E-state index in [1.165, 1.54) is 9.70 Å². The van der Waals surface area contributed by atoms with Crippen LogP contribution in [0.1, 0.15) is 38.2 Å². The molecule has 3 aliphatic rings. The maximum absolute atomic E-state index is 13.4. The van der Waals surface area contributed by atoms with Gasteiger partial charge >= 0.3 is 0 Å². The van der Waals surface area contributed by atoms with Gasteiger partial charge < -0.3 is 35.6 Å². The van der Waals surface area contributed by atoms with Crippen molar-refractivity contribution in [3.63, 3.8) is 0 Å². The van der Waals surface area contributed by atoms with Gasteiger partial charge in [0, 0.05) is 26.2 Å². The molecule has 1 aromatic heterocycles. The number of piperidine rings is 1. The molecule has 4 N–H and O–H groups in total. The van der Waals surface area contributed by atoms with Crippen molar-refractivity contribution >= 4 is 40.6 Å². The number of nitrogens with one attached hydrogen (secondary N) is 3. The Morgan fingerprint density at radius 1 is 0.980 bits per heavy atom. The molecule has 4 heterocycles. The van der Waals surface area contributed by atoms with Gasteiger partial charge in [0.1, 0.15) is 41.5 Å². The number of rotatable bonds is 3. The van der Waals surface area contributed by atoms with Crippen LogP contribution in [0.5, 0.6) is 5.75 Å². The Morgan fingerprint density at radius 3 is 2.43 bits per heavy atom. The van der Waals surface area contributed by atoms with Crippen molar-refractivity contribution in [1.29, 1.82) is 0 Å². The Kier molecular flexibility index (Phi) is 10.1. The number of nitrogens with zero attached hydrogens (tertiary/aromatic N) is 5. The van der Waals surface area contributed by atoms with Gasteiger partial charge in [0.25, 0.3) is 5.91 Å². The fraction of sp³-hybridized carbons (Fsp3) is 0.500. The molecule has 2 aromatic carbocycles. The van der Waals surface area contributed by atoms with E-state index in [9.17, 15) is 29.1 Å². The summed E-state index contributed by atoms with van der Waals surface area (Å²) in [6.07, 6.45) is 2.63. The van der Waals surface area contributed by atoms with E-state index in [-0.39, 0.29) is 25.6 Å². The van der Waals surface area contributed by atoms with E-state index in [0.29, 0.717) is 68.5 Å². The minimum atomic E-state index is -1.23. The second-order valence-corrected chi connectivity index (χ2v) is 13.2. The zero-order valence-corrected chi connectivity index (χ0v) is 27.5. The highest BCUT2D eigenvalue weighted by Crippen LogP contribution is 2.36. The lowest BCUT2D eigenvalue weighted by molar-refractivity contribution is -0.142. The zero-order chi connectivity index (χ0) is 34.5. The van der Waals surface area contributed by atoms with Gasteiger partial charge in [-0.15, -0.1) is 0 Å². The van der Waals surface area contributed by atoms with Crippen LogP contribution < -0.4 is 20.7 Å². The van der Waals surface area contributed by atoms with E-state index in [2.05, 4.69) is 26.1 Å². The number of hydrogen-bond acceptors (Lipinski definition) is 9. The molecule has 0 unspecified atom stereocenters. The standard InChI is InChI=1S/C34H42N8O7/c1-22-33(48)41-13-5-10-28(41)32(47)37-27(19-43)31(46)35-21-34(17-23-6-4-7-24(16-23)49-20-29(44)36-22)11-14-40(15-12-34)30(45)18-42-38-25-8-2-3-9-26(25)39-42/h2-4,6-9,16,22,27-28,43H,5,10-15,17-21H2,1H3,(H,35,46)(H,36,44)(H,37,47)/t22-,27-,28-/m0/s1. The van der Waals surface area contributed by atoms with E-state index in [4.69, 9.17) is 4.74 Å². The number of ether oxygens (including phenoxy) is 1. The highest BCUT2D eigenvalue weighted by atomic mass is 16.5. The molecule has 15 nitrogen and oxygen atoms in total. The van der Waals surface area contributed by atoms with Crippen LogP contribution in [0, 0.1) is 5.41 Å². The number of fused-ring (bicyclic) bond motifs is 4. The Hall–Kier alpha value is -5.05. The largest absolute Gasteiger partial charge is 0.484 e. The van der Waals surface area contributed by atoms with Gasteiger partial charge in [-0.05, 0) is 74.3 Å². The van der Waals surface area contributed by atoms with Crippen LogP contribution in [0.25, 0.3) is 11.0 Å². The van der Waals surface area contributed by atoms with Crippen LogP contribution in [0.2, 0.25) is 0 Å². The molecule has 1 spiro atoms. The number of amides is 5. The van der Waals surface area contributed by atoms with E-state index >= 15 is 0 Å². The van der Waals surface area contributed by atoms with Crippen molar-refractivity contribution in [1.82, 2.24) is 40.7 Å². The van der Waals surface area contributed by atoms with E-state index in [1.807, 2.05) is 42.5 Å². The Labute approximate surface area is 283 Å². The third kappa shape index (κ3) is 7.82. The first-order chi connectivity index (χ1) is 23.6. The van der Waals surface area contributed by atoms with Crippen molar-refractivity contribution in [3.8, 4) is 5.75 Å². The lowest BCUT2D eigenvalue weighted by Crippen LogP contribution is -2.57. The van der Waals surface area contributed by atoms with Crippen LogP contribution in [0.3, 0.4) is 0 Å². The summed E-state index contributed by atoms with van der Waals surface area (Å²) >= 11 is 0. The number of aromatic nitrogens is 3. The van der Waals surface area contributed by atoms with Gasteiger partial charge in [-0.3, -0.25) is 24.0 Å². The van der Waals surface area contributed by atoms with Crippen LogP contribution >= 0.6 is 0 Å². The second kappa shape index (κ2) is 14.6. The number of likely N-dealkylation sites (tertiary alicyclic amines) is 1. The third-order valence-electron chi connectivity index (χ3n) is 9.67. The number of carbonyl (C=O) groups is 5. The molecule has 6 rings (SSSR count). The SMILES string of the molecule is C[C@@H]1NC(=O)COc2cccc(c2)CC2(CCN(C(=O)Cn3nc4ccccc4n3)CC2)CNC(=O)[C@H](CO)NC(=O)[C@@H]2CCCN2C1=O. The fourth-order valence-corrected chi connectivity index (χ4v) is 6.93. The lowest BCUT2D eigenvalue weighted by atomic mass is 9.73. The summed E-state index contributed by atoms with van der Waals surface area (Å²) in [5.41, 5.74) is 1.86. The smallest absolute Gasteiger partial charge is 0.258 e. The van der Waals surface area contributed by atoms with Crippen LogP contribution in [-0.4, -0.2) is 117 Å². The molecule has 3 atom stereocenters. The average Bonchev–Trinajstić information content (AvgIpc) is 3.76. The first-order valence-electron chi connectivity index (χ1n) is 16.7. The number of aliphatic hydroxyl groups is 1. The molecule has 2 saturated heterocycles. The Bertz CT molecular complexity index is 1690. The molecule has 2 fully saturated rings. The molecule has 0 radical (unpaired) electrons. The maximum atomic E-state index is 13.4. The van der Waals surface area contributed by atoms with Gasteiger partial charge in [-0.25, -0.2) is 0 Å². The lowest BCUT2D eigenvalue weighted by Gasteiger charge is -2.42. The highest BCUT2D eigenvalue weighted by molar-refractivity contribution is 5.94. The zero-order valence-electron chi connectivity index (χ0n) is 27.5. The van der Waals surface area contributed by atoms with E-state index in [1.54, 1.807) is 17.9 Å². The molecule has 260 valence electrons. The van der Waals surface area contributed by atoms with Gasteiger partial charge in [0.05, 0.1) is 6.61 Å². The first kappa shape index (κ1) is 33.8. The minimum Gasteiger partial charge on any atom is -0.484 e. The molecule has 15 heteroatoms. The van der Waals surface area contributed by atoms with Crippen molar-refractivity contribution in [3.05, 3.63) is 54.1 Å².